The molecule has 2 heterocycles. The minimum atomic E-state index is -0.759. The van der Waals surface area contributed by atoms with Crippen molar-refractivity contribution in [2.24, 2.45) is 5.10 Å². The zero-order valence-corrected chi connectivity index (χ0v) is 16.3. The van der Waals surface area contributed by atoms with Crippen LogP contribution in [0.2, 0.25) is 0 Å². The van der Waals surface area contributed by atoms with Gasteiger partial charge in [0.25, 0.3) is 5.56 Å². The number of benzene rings is 2. The summed E-state index contributed by atoms with van der Waals surface area (Å²) in [6.45, 7) is 3.25. The summed E-state index contributed by atoms with van der Waals surface area (Å²) in [4.78, 5) is 30.1. The van der Waals surface area contributed by atoms with Crippen molar-refractivity contribution >= 4 is 23.3 Å². The lowest BCUT2D eigenvalue weighted by Crippen LogP contribution is -2.36. The number of phenols is 1. The van der Waals surface area contributed by atoms with Crippen LogP contribution < -0.4 is 11.0 Å². The van der Waals surface area contributed by atoms with Crippen molar-refractivity contribution in [2.75, 3.05) is 0 Å². The van der Waals surface area contributed by atoms with Gasteiger partial charge in [-0.05, 0) is 38.1 Å². The fourth-order valence-corrected chi connectivity index (χ4v) is 3.12. The maximum absolute atomic E-state index is 13.1. The van der Waals surface area contributed by atoms with Gasteiger partial charge in [-0.15, -0.1) is 0 Å². The summed E-state index contributed by atoms with van der Waals surface area (Å²) in [5, 5.41) is 18.3. The number of carbonyl (C=O) groups excluding carboxylic acids is 1. The van der Waals surface area contributed by atoms with Crippen LogP contribution >= 0.6 is 0 Å². The first kappa shape index (κ1) is 19.1. The van der Waals surface area contributed by atoms with E-state index in [1.54, 1.807) is 36.7 Å². The summed E-state index contributed by atoms with van der Waals surface area (Å²) >= 11 is 0. The minimum absolute atomic E-state index is 0.0240. The highest BCUT2D eigenvalue weighted by Crippen LogP contribution is 2.17. The molecule has 0 saturated carbocycles. The summed E-state index contributed by atoms with van der Waals surface area (Å²) in [6.07, 6.45) is 1.29. The molecule has 0 aliphatic rings. The molecule has 0 bridgehead atoms. The van der Waals surface area contributed by atoms with Crippen molar-refractivity contribution in [2.45, 2.75) is 13.8 Å². The van der Waals surface area contributed by atoms with E-state index in [1.807, 2.05) is 30.3 Å². The zero-order chi connectivity index (χ0) is 21.3. The number of fused-ring (bicyclic) bond motifs is 1. The Kier molecular flexibility index (Phi) is 4.85. The molecule has 2 aromatic heterocycles. The maximum Gasteiger partial charge on any atom is 0.350 e. The second kappa shape index (κ2) is 7.63. The molecule has 1 amide bonds. The number of hydrazone groups is 1. The lowest BCUT2D eigenvalue weighted by molar-refractivity contribution is 0.241. The van der Waals surface area contributed by atoms with Crippen LogP contribution in [0.3, 0.4) is 0 Å². The van der Waals surface area contributed by atoms with Crippen molar-refractivity contribution in [3.63, 3.8) is 0 Å². The molecular formula is C21H18N6O3. The summed E-state index contributed by atoms with van der Waals surface area (Å²) in [5.41, 5.74) is 3.79. The Bertz CT molecular complexity index is 1340. The normalized spacial score (nSPS) is 11.3. The van der Waals surface area contributed by atoms with Gasteiger partial charge in [-0.3, -0.25) is 4.79 Å². The third-order valence-corrected chi connectivity index (χ3v) is 4.55. The van der Waals surface area contributed by atoms with Crippen LogP contribution in [0.25, 0.3) is 16.7 Å². The second-order valence-electron chi connectivity index (χ2n) is 6.56. The van der Waals surface area contributed by atoms with Crippen LogP contribution in [0.1, 0.15) is 17.1 Å². The van der Waals surface area contributed by atoms with E-state index >= 15 is 0 Å². The smallest absolute Gasteiger partial charge is 0.350 e. The lowest BCUT2D eigenvalue weighted by Gasteiger charge is -2.08. The molecule has 0 aliphatic carbocycles. The lowest BCUT2D eigenvalue weighted by atomic mass is 10.2. The van der Waals surface area contributed by atoms with Gasteiger partial charge >= 0.3 is 6.03 Å². The highest BCUT2D eigenvalue weighted by Gasteiger charge is 2.20. The number of para-hydroxylation sites is 2. The maximum atomic E-state index is 13.1. The van der Waals surface area contributed by atoms with E-state index in [1.165, 1.54) is 12.3 Å². The first-order valence-electron chi connectivity index (χ1n) is 9.13. The Morgan fingerprint density at radius 2 is 1.80 bits per heavy atom. The van der Waals surface area contributed by atoms with Gasteiger partial charge in [-0.25, -0.2) is 24.5 Å². The van der Waals surface area contributed by atoms with Crippen molar-refractivity contribution < 1.29 is 9.90 Å². The first-order chi connectivity index (χ1) is 14.5. The van der Waals surface area contributed by atoms with E-state index in [0.29, 0.717) is 16.9 Å². The Balaban J connectivity index is 1.72. The summed E-state index contributed by atoms with van der Waals surface area (Å²) in [6, 6.07) is 15.1. The predicted octanol–water partition coefficient (Wildman–Crippen LogP) is 2.50. The van der Waals surface area contributed by atoms with E-state index in [9.17, 15) is 14.7 Å². The van der Waals surface area contributed by atoms with Gasteiger partial charge in [0, 0.05) is 5.56 Å². The molecule has 4 rings (SSSR count). The highest BCUT2D eigenvalue weighted by molar-refractivity contribution is 5.87. The number of hydrogen-bond donors (Lipinski definition) is 2. The number of aromatic nitrogens is 4. The Morgan fingerprint density at radius 1 is 1.10 bits per heavy atom. The van der Waals surface area contributed by atoms with E-state index in [4.69, 9.17) is 0 Å². The molecule has 4 aromatic rings. The number of phenolic OH excluding ortho intramolecular Hbond substituents is 1. The van der Waals surface area contributed by atoms with Gasteiger partial charge in [0.1, 0.15) is 17.0 Å². The van der Waals surface area contributed by atoms with Crippen molar-refractivity contribution in [1.29, 1.82) is 0 Å². The molecule has 0 radical (unpaired) electrons. The third-order valence-electron chi connectivity index (χ3n) is 4.55. The average Bonchev–Trinajstić information content (AvgIpc) is 3.06. The number of nitrogens with zero attached hydrogens (tertiary/aromatic N) is 5. The molecule has 0 atom stereocenters. The monoisotopic (exact) mass is 402 g/mol. The first-order valence-corrected chi connectivity index (χ1v) is 9.13. The molecule has 0 fully saturated rings. The third kappa shape index (κ3) is 3.32. The van der Waals surface area contributed by atoms with Crippen molar-refractivity contribution in [3.8, 4) is 11.4 Å². The molecule has 2 N–H and O–H groups in total. The topological polar surface area (TPSA) is 114 Å². The van der Waals surface area contributed by atoms with Gasteiger partial charge < -0.3 is 5.11 Å². The van der Waals surface area contributed by atoms with E-state index in [0.717, 1.165) is 10.3 Å². The molecule has 150 valence electrons. The number of aryl methyl sites for hydroxylation is 2. The quantitative estimate of drug-likeness (QED) is 0.404. The fourth-order valence-electron chi connectivity index (χ4n) is 3.12. The standard InChI is InChI=1S/C21H18N6O3/c1-13-18-19(27(25-13)16-9-4-3-5-10-16)23-14(2)26(20(18)29)21(30)24-22-12-15-8-6-7-11-17(15)28/h3-12,28H,1-2H3,(H,24,30)/b22-12+. The predicted molar refractivity (Wildman–Crippen MR) is 112 cm³/mol. The second-order valence-corrected chi connectivity index (χ2v) is 6.56. The summed E-state index contributed by atoms with van der Waals surface area (Å²) in [5.74, 6) is 0.218. The van der Waals surface area contributed by atoms with Gasteiger partial charge in [0.05, 0.1) is 17.6 Å². The number of amides is 1. The number of hydrogen-bond acceptors (Lipinski definition) is 6. The molecule has 30 heavy (non-hydrogen) atoms. The minimum Gasteiger partial charge on any atom is -0.507 e. The van der Waals surface area contributed by atoms with Crippen molar-refractivity contribution in [1.82, 2.24) is 24.8 Å². The van der Waals surface area contributed by atoms with Crippen LogP contribution in [-0.4, -0.2) is 36.7 Å². The molecule has 0 unspecified atom stereocenters. The Labute approximate surface area is 170 Å². The molecule has 9 nitrogen and oxygen atoms in total. The number of aromatic hydroxyl groups is 1. The molecule has 0 aliphatic heterocycles. The SMILES string of the molecule is Cc1nn(-c2ccccc2)c2nc(C)n(C(=O)N/N=C/c3ccccc3O)c(=O)c12. The Hall–Kier alpha value is -4.27. The van der Waals surface area contributed by atoms with E-state index in [-0.39, 0.29) is 17.0 Å². The molecule has 2 aromatic carbocycles. The van der Waals surface area contributed by atoms with Crippen LogP contribution in [0, 0.1) is 13.8 Å². The van der Waals surface area contributed by atoms with Crippen LogP contribution in [0.15, 0.2) is 64.5 Å². The number of rotatable bonds is 3. The van der Waals surface area contributed by atoms with Crippen LogP contribution in [0.4, 0.5) is 4.79 Å². The summed E-state index contributed by atoms with van der Waals surface area (Å²) < 4.78 is 2.49. The van der Waals surface area contributed by atoms with Gasteiger partial charge in [-0.2, -0.15) is 10.2 Å². The van der Waals surface area contributed by atoms with Gasteiger partial charge in [-0.1, -0.05) is 30.3 Å². The fraction of sp³-hybridized carbons (Fsp3) is 0.0952. The van der Waals surface area contributed by atoms with Crippen molar-refractivity contribution in [3.05, 3.63) is 82.0 Å². The molecule has 9 heteroatoms. The van der Waals surface area contributed by atoms with Gasteiger partial charge in [0.2, 0.25) is 0 Å². The van der Waals surface area contributed by atoms with Crippen LogP contribution in [-0.2, 0) is 0 Å². The zero-order valence-electron chi connectivity index (χ0n) is 16.3. The Morgan fingerprint density at radius 3 is 2.53 bits per heavy atom. The number of carbonyl (C=O) groups is 1. The highest BCUT2D eigenvalue weighted by atomic mass is 16.3. The molecule has 0 saturated heterocycles. The largest absolute Gasteiger partial charge is 0.507 e. The number of nitrogens with one attached hydrogen (secondary N) is 1. The molecule has 0 spiro atoms. The van der Waals surface area contributed by atoms with E-state index in [2.05, 4.69) is 20.6 Å². The van der Waals surface area contributed by atoms with E-state index < -0.39 is 11.6 Å². The summed E-state index contributed by atoms with van der Waals surface area (Å²) in [7, 11) is 0. The molecular weight excluding hydrogens is 384 g/mol. The van der Waals surface area contributed by atoms with Crippen LogP contribution in [0.5, 0.6) is 5.75 Å². The van der Waals surface area contributed by atoms with Gasteiger partial charge in [0.15, 0.2) is 5.65 Å². The average molecular weight is 402 g/mol.